The Morgan fingerprint density at radius 2 is 2.07 bits per heavy atom. The highest BCUT2D eigenvalue weighted by molar-refractivity contribution is 5.85. The van der Waals surface area contributed by atoms with E-state index in [0.29, 0.717) is 5.69 Å². The Labute approximate surface area is 100 Å². The SMILES string of the molecule is Cc1nn(-c2cccnc2)cc1N.Cl.Cl. The van der Waals surface area contributed by atoms with E-state index in [4.69, 9.17) is 5.73 Å². The van der Waals surface area contributed by atoms with Crippen molar-refractivity contribution in [1.82, 2.24) is 14.8 Å². The van der Waals surface area contributed by atoms with Crippen molar-refractivity contribution in [2.45, 2.75) is 6.92 Å². The van der Waals surface area contributed by atoms with Crippen LogP contribution in [0.25, 0.3) is 5.69 Å². The number of aryl methyl sites for hydroxylation is 1. The summed E-state index contributed by atoms with van der Waals surface area (Å²) in [5.41, 5.74) is 8.13. The van der Waals surface area contributed by atoms with E-state index < -0.39 is 0 Å². The molecule has 2 N–H and O–H groups in total. The van der Waals surface area contributed by atoms with Crippen molar-refractivity contribution in [3.63, 3.8) is 0 Å². The second kappa shape index (κ2) is 5.58. The van der Waals surface area contributed by atoms with Crippen molar-refractivity contribution in [1.29, 1.82) is 0 Å². The van der Waals surface area contributed by atoms with Crippen LogP contribution in [0, 0.1) is 6.92 Å². The van der Waals surface area contributed by atoms with Crippen molar-refractivity contribution in [3.8, 4) is 5.69 Å². The topological polar surface area (TPSA) is 56.7 Å². The number of nitrogens with two attached hydrogens (primary N) is 1. The van der Waals surface area contributed by atoms with Crippen molar-refractivity contribution in [3.05, 3.63) is 36.4 Å². The maximum absolute atomic E-state index is 5.67. The number of hydrogen-bond donors (Lipinski definition) is 1. The Kier molecular flexibility index (Phi) is 5.11. The van der Waals surface area contributed by atoms with Crippen LogP contribution >= 0.6 is 24.8 Å². The summed E-state index contributed by atoms with van der Waals surface area (Å²) in [6.45, 7) is 1.88. The summed E-state index contributed by atoms with van der Waals surface area (Å²) in [6, 6.07) is 3.79. The molecule has 0 atom stereocenters. The van der Waals surface area contributed by atoms with Crippen LogP contribution in [-0.4, -0.2) is 14.8 Å². The number of aromatic nitrogens is 3. The van der Waals surface area contributed by atoms with Gasteiger partial charge in [-0.15, -0.1) is 24.8 Å². The molecule has 0 amide bonds. The highest BCUT2D eigenvalue weighted by Gasteiger charge is 2.01. The van der Waals surface area contributed by atoms with E-state index in [1.165, 1.54) is 0 Å². The minimum Gasteiger partial charge on any atom is -0.396 e. The summed E-state index contributed by atoms with van der Waals surface area (Å²) in [6.07, 6.45) is 5.25. The summed E-state index contributed by atoms with van der Waals surface area (Å²) in [5, 5.41) is 4.23. The second-order valence-electron chi connectivity index (χ2n) is 2.83. The van der Waals surface area contributed by atoms with Gasteiger partial charge in [-0.1, -0.05) is 0 Å². The van der Waals surface area contributed by atoms with Gasteiger partial charge in [0.25, 0.3) is 0 Å². The summed E-state index contributed by atoms with van der Waals surface area (Å²) in [4.78, 5) is 4.00. The predicted octanol–water partition coefficient (Wildman–Crippen LogP) is 2.00. The molecule has 0 saturated heterocycles. The number of halogens is 2. The van der Waals surface area contributed by atoms with Gasteiger partial charge in [0.2, 0.25) is 0 Å². The fraction of sp³-hybridized carbons (Fsp3) is 0.111. The molecule has 2 rings (SSSR count). The molecule has 0 aromatic carbocycles. The zero-order valence-corrected chi connectivity index (χ0v) is 9.76. The van der Waals surface area contributed by atoms with Crippen LogP contribution < -0.4 is 5.73 Å². The number of nitrogens with zero attached hydrogens (tertiary/aromatic N) is 3. The first-order chi connectivity index (χ1) is 6.27. The molecule has 0 spiro atoms. The number of anilines is 1. The summed E-state index contributed by atoms with van der Waals surface area (Å²) in [7, 11) is 0. The molecule has 2 aromatic heterocycles. The molecule has 0 aliphatic rings. The van der Waals surface area contributed by atoms with E-state index in [-0.39, 0.29) is 24.8 Å². The molecule has 0 bridgehead atoms. The Morgan fingerprint density at radius 3 is 2.53 bits per heavy atom. The largest absolute Gasteiger partial charge is 0.396 e. The first-order valence-corrected chi connectivity index (χ1v) is 3.99. The van der Waals surface area contributed by atoms with Crippen molar-refractivity contribution >= 4 is 30.5 Å². The molecule has 0 aliphatic heterocycles. The first kappa shape index (κ1) is 13.7. The van der Waals surface area contributed by atoms with Crippen LogP contribution in [0.15, 0.2) is 30.7 Å². The molecule has 15 heavy (non-hydrogen) atoms. The van der Waals surface area contributed by atoms with Crippen molar-refractivity contribution < 1.29 is 0 Å². The Hall–Kier alpha value is -1.26. The van der Waals surface area contributed by atoms with Gasteiger partial charge in [0.1, 0.15) is 0 Å². The predicted molar refractivity (Wildman–Crippen MR) is 65.0 cm³/mol. The quantitative estimate of drug-likeness (QED) is 0.838. The molecule has 0 saturated carbocycles. The van der Waals surface area contributed by atoms with E-state index in [9.17, 15) is 0 Å². The fourth-order valence-corrected chi connectivity index (χ4v) is 1.09. The monoisotopic (exact) mass is 246 g/mol. The van der Waals surface area contributed by atoms with E-state index in [1.54, 1.807) is 23.3 Å². The molecule has 6 heteroatoms. The van der Waals surface area contributed by atoms with Crippen LogP contribution in [0.4, 0.5) is 5.69 Å². The van der Waals surface area contributed by atoms with Gasteiger partial charge < -0.3 is 5.73 Å². The highest BCUT2D eigenvalue weighted by Crippen LogP contribution is 2.11. The van der Waals surface area contributed by atoms with Gasteiger partial charge in [0.15, 0.2) is 0 Å². The molecule has 0 aliphatic carbocycles. The molecular weight excluding hydrogens is 235 g/mol. The van der Waals surface area contributed by atoms with Crippen LogP contribution in [0.5, 0.6) is 0 Å². The second-order valence-corrected chi connectivity index (χ2v) is 2.83. The lowest BCUT2D eigenvalue weighted by Crippen LogP contribution is -1.94. The van der Waals surface area contributed by atoms with Gasteiger partial charge in [0.05, 0.1) is 29.5 Å². The average molecular weight is 247 g/mol. The molecular formula is C9H12Cl2N4. The molecule has 2 heterocycles. The average Bonchev–Trinajstić information content (AvgIpc) is 2.49. The summed E-state index contributed by atoms with van der Waals surface area (Å²) in [5.74, 6) is 0. The molecule has 2 aromatic rings. The third kappa shape index (κ3) is 2.84. The van der Waals surface area contributed by atoms with Gasteiger partial charge in [-0.3, -0.25) is 4.98 Å². The lowest BCUT2D eigenvalue weighted by atomic mass is 10.4. The smallest absolute Gasteiger partial charge is 0.0829 e. The van der Waals surface area contributed by atoms with Crippen molar-refractivity contribution in [2.24, 2.45) is 0 Å². The van der Waals surface area contributed by atoms with Gasteiger partial charge >= 0.3 is 0 Å². The first-order valence-electron chi connectivity index (χ1n) is 3.99. The van der Waals surface area contributed by atoms with E-state index in [2.05, 4.69) is 10.1 Å². The molecule has 4 nitrogen and oxygen atoms in total. The maximum Gasteiger partial charge on any atom is 0.0829 e. The van der Waals surface area contributed by atoms with Crippen molar-refractivity contribution in [2.75, 3.05) is 5.73 Å². The van der Waals surface area contributed by atoms with E-state index >= 15 is 0 Å². The van der Waals surface area contributed by atoms with E-state index in [1.807, 2.05) is 19.1 Å². The lowest BCUT2D eigenvalue weighted by Gasteiger charge is -1.97. The highest BCUT2D eigenvalue weighted by atomic mass is 35.5. The Balaban J connectivity index is 0.000000980. The Morgan fingerprint density at radius 1 is 1.33 bits per heavy atom. The van der Waals surface area contributed by atoms with Crippen LogP contribution in [-0.2, 0) is 0 Å². The fourth-order valence-electron chi connectivity index (χ4n) is 1.09. The minimum atomic E-state index is 0. The van der Waals surface area contributed by atoms with Crippen LogP contribution in [0.1, 0.15) is 5.69 Å². The molecule has 0 radical (unpaired) electrons. The van der Waals surface area contributed by atoms with E-state index in [0.717, 1.165) is 11.4 Å². The van der Waals surface area contributed by atoms with Gasteiger partial charge in [-0.25, -0.2) is 4.68 Å². The van der Waals surface area contributed by atoms with Gasteiger partial charge in [0, 0.05) is 6.20 Å². The number of pyridine rings is 1. The third-order valence-electron chi connectivity index (χ3n) is 1.85. The maximum atomic E-state index is 5.67. The molecule has 82 valence electrons. The third-order valence-corrected chi connectivity index (χ3v) is 1.85. The van der Waals surface area contributed by atoms with Gasteiger partial charge in [-0.05, 0) is 19.1 Å². The number of hydrogen-bond acceptors (Lipinski definition) is 3. The number of nitrogen functional groups attached to an aromatic ring is 1. The minimum absolute atomic E-state index is 0. The standard InChI is InChI=1S/C9H10N4.2ClH/c1-7-9(10)6-13(12-7)8-3-2-4-11-5-8;;/h2-6H,10H2,1H3;2*1H. The normalized spacial score (nSPS) is 8.87. The van der Waals surface area contributed by atoms with Crippen LogP contribution in [0.3, 0.4) is 0 Å². The number of rotatable bonds is 1. The van der Waals surface area contributed by atoms with Gasteiger partial charge in [-0.2, -0.15) is 5.10 Å². The zero-order valence-electron chi connectivity index (χ0n) is 8.12. The lowest BCUT2D eigenvalue weighted by molar-refractivity contribution is 0.857. The molecule has 0 fully saturated rings. The Bertz CT molecular complexity index is 394. The van der Waals surface area contributed by atoms with Crippen LogP contribution in [0.2, 0.25) is 0 Å². The summed E-state index contributed by atoms with van der Waals surface area (Å²) >= 11 is 0. The summed E-state index contributed by atoms with van der Waals surface area (Å²) < 4.78 is 1.72. The zero-order chi connectivity index (χ0) is 9.26. The molecule has 0 unspecified atom stereocenters.